The maximum atomic E-state index is 10.5. The Bertz CT molecular complexity index is 173. The standard InChI is InChI=1S/C11H20O3/c1-9(12)14-11(13)8-7-10-5-3-2-4-6-10/h10-11,13H,2-8H2,1H3. The largest absolute Gasteiger partial charge is 0.436 e. The van der Waals surface area contributed by atoms with E-state index in [9.17, 15) is 9.90 Å². The summed E-state index contributed by atoms with van der Waals surface area (Å²) in [4.78, 5) is 10.5. The maximum absolute atomic E-state index is 10.5. The van der Waals surface area contributed by atoms with Crippen molar-refractivity contribution in [2.75, 3.05) is 0 Å². The Morgan fingerprint density at radius 3 is 2.64 bits per heavy atom. The van der Waals surface area contributed by atoms with Crippen molar-refractivity contribution < 1.29 is 14.6 Å². The van der Waals surface area contributed by atoms with Crippen LogP contribution in [0.3, 0.4) is 0 Å². The fourth-order valence-corrected chi connectivity index (χ4v) is 2.10. The van der Waals surface area contributed by atoms with Crippen LogP contribution >= 0.6 is 0 Å². The lowest BCUT2D eigenvalue weighted by Gasteiger charge is -2.22. The second-order valence-electron chi connectivity index (χ2n) is 4.15. The summed E-state index contributed by atoms with van der Waals surface area (Å²) < 4.78 is 4.66. The average Bonchev–Trinajstić information content (AvgIpc) is 2.15. The molecular weight excluding hydrogens is 180 g/mol. The molecule has 0 aromatic heterocycles. The highest BCUT2D eigenvalue weighted by Crippen LogP contribution is 2.27. The minimum absolute atomic E-state index is 0.402. The number of carbonyl (C=O) groups excluding carboxylic acids is 1. The summed E-state index contributed by atoms with van der Waals surface area (Å²) in [6, 6.07) is 0. The number of ether oxygens (including phenoxy) is 1. The molecular formula is C11H20O3. The summed E-state index contributed by atoms with van der Waals surface area (Å²) in [6.07, 6.45) is 7.19. The zero-order valence-electron chi connectivity index (χ0n) is 8.87. The molecule has 0 heterocycles. The molecule has 14 heavy (non-hydrogen) atoms. The lowest BCUT2D eigenvalue weighted by molar-refractivity contribution is -0.166. The number of hydrogen-bond donors (Lipinski definition) is 1. The van der Waals surface area contributed by atoms with Gasteiger partial charge in [0, 0.05) is 13.3 Å². The SMILES string of the molecule is CC(=O)OC(O)CCC1CCCCC1. The summed E-state index contributed by atoms with van der Waals surface area (Å²) in [5.74, 6) is 0.329. The van der Waals surface area contributed by atoms with E-state index in [2.05, 4.69) is 4.74 Å². The van der Waals surface area contributed by atoms with Crippen LogP contribution in [0.25, 0.3) is 0 Å². The first-order valence-corrected chi connectivity index (χ1v) is 5.54. The highest BCUT2D eigenvalue weighted by Gasteiger charge is 2.15. The van der Waals surface area contributed by atoms with E-state index >= 15 is 0 Å². The summed E-state index contributed by atoms with van der Waals surface area (Å²) >= 11 is 0. The topological polar surface area (TPSA) is 46.5 Å². The van der Waals surface area contributed by atoms with E-state index in [0.29, 0.717) is 6.42 Å². The van der Waals surface area contributed by atoms with Gasteiger partial charge in [-0.1, -0.05) is 32.1 Å². The molecule has 1 aliphatic carbocycles. The highest BCUT2D eigenvalue weighted by atomic mass is 16.6. The summed E-state index contributed by atoms with van der Waals surface area (Å²) in [6.45, 7) is 1.32. The number of carbonyl (C=O) groups is 1. The Morgan fingerprint density at radius 1 is 1.43 bits per heavy atom. The van der Waals surface area contributed by atoms with Crippen LogP contribution in [-0.4, -0.2) is 17.4 Å². The minimum atomic E-state index is -0.894. The molecule has 1 rings (SSSR count). The van der Waals surface area contributed by atoms with Crippen LogP contribution in [0.1, 0.15) is 51.9 Å². The van der Waals surface area contributed by atoms with Crippen LogP contribution in [-0.2, 0) is 9.53 Å². The first-order chi connectivity index (χ1) is 6.68. The van der Waals surface area contributed by atoms with Crippen LogP contribution in [0, 0.1) is 5.92 Å². The molecule has 1 atom stereocenters. The van der Waals surface area contributed by atoms with Gasteiger partial charge in [-0.3, -0.25) is 4.79 Å². The highest BCUT2D eigenvalue weighted by molar-refractivity contribution is 5.65. The lowest BCUT2D eigenvalue weighted by Crippen LogP contribution is -2.17. The van der Waals surface area contributed by atoms with Gasteiger partial charge in [0.25, 0.3) is 0 Å². The second kappa shape index (κ2) is 6.02. The Morgan fingerprint density at radius 2 is 2.07 bits per heavy atom. The third kappa shape index (κ3) is 4.61. The van der Waals surface area contributed by atoms with Crippen molar-refractivity contribution in [1.29, 1.82) is 0 Å². The van der Waals surface area contributed by atoms with Crippen LogP contribution in [0.2, 0.25) is 0 Å². The Balaban J connectivity index is 2.09. The molecule has 1 aliphatic rings. The number of hydrogen-bond acceptors (Lipinski definition) is 3. The fourth-order valence-electron chi connectivity index (χ4n) is 2.10. The van der Waals surface area contributed by atoms with E-state index in [1.54, 1.807) is 0 Å². The van der Waals surface area contributed by atoms with E-state index in [1.165, 1.54) is 39.0 Å². The van der Waals surface area contributed by atoms with Gasteiger partial charge >= 0.3 is 5.97 Å². The molecule has 1 unspecified atom stereocenters. The van der Waals surface area contributed by atoms with E-state index < -0.39 is 12.3 Å². The Hall–Kier alpha value is -0.570. The van der Waals surface area contributed by atoms with Crippen molar-refractivity contribution in [3.63, 3.8) is 0 Å². The molecule has 0 spiro atoms. The molecule has 0 aromatic carbocycles. The van der Waals surface area contributed by atoms with Crippen LogP contribution in [0.5, 0.6) is 0 Å². The second-order valence-corrected chi connectivity index (χ2v) is 4.15. The van der Waals surface area contributed by atoms with E-state index in [1.807, 2.05) is 0 Å². The van der Waals surface area contributed by atoms with Gasteiger partial charge in [-0.05, 0) is 12.3 Å². The van der Waals surface area contributed by atoms with Gasteiger partial charge in [0.1, 0.15) is 0 Å². The van der Waals surface area contributed by atoms with Gasteiger partial charge in [-0.2, -0.15) is 0 Å². The minimum Gasteiger partial charge on any atom is -0.436 e. The van der Waals surface area contributed by atoms with Crippen LogP contribution < -0.4 is 0 Å². The molecule has 1 N–H and O–H groups in total. The monoisotopic (exact) mass is 200 g/mol. The van der Waals surface area contributed by atoms with Crippen LogP contribution in [0.15, 0.2) is 0 Å². The summed E-state index contributed by atoms with van der Waals surface area (Å²) in [5.41, 5.74) is 0. The quantitative estimate of drug-likeness (QED) is 0.559. The van der Waals surface area contributed by atoms with Crippen molar-refractivity contribution in [3.8, 4) is 0 Å². The van der Waals surface area contributed by atoms with Gasteiger partial charge in [0.15, 0.2) is 0 Å². The first kappa shape index (κ1) is 11.5. The molecule has 0 aliphatic heterocycles. The van der Waals surface area contributed by atoms with Crippen molar-refractivity contribution >= 4 is 5.97 Å². The average molecular weight is 200 g/mol. The molecule has 82 valence electrons. The molecule has 0 bridgehead atoms. The van der Waals surface area contributed by atoms with E-state index in [0.717, 1.165) is 12.3 Å². The smallest absolute Gasteiger partial charge is 0.304 e. The van der Waals surface area contributed by atoms with Crippen molar-refractivity contribution in [1.82, 2.24) is 0 Å². The molecule has 1 saturated carbocycles. The lowest BCUT2D eigenvalue weighted by atomic mass is 9.86. The van der Waals surface area contributed by atoms with Gasteiger partial charge < -0.3 is 9.84 Å². The molecule has 0 amide bonds. The third-order valence-corrected chi connectivity index (χ3v) is 2.85. The van der Waals surface area contributed by atoms with E-state index in [4.69, 9.17) is 0 Å². The predicted octanol–water partition coefficient (Wildman–Crippen LogP) is 2.23. The fraction of sp³-hybridized carbons (Fsp3) is 0.909. The molecule has 0 radical (unpaired) electrons. The summed E-state index contributed by atoms with van der Waals surface area (Å²) in [5, 5.41) is 9.31. The van der Waals surface area contributed by atoms with Gasteiger partial charge in [0.05, 0.1) is 0 Å². The zero-order chi connectivity index (χ0) is 10.4. The van der Waals surface area contributed by atoms with Crippen molar-refractivity contribution in [2.24, 2.45) is 5.92 Å². The Kier molecular flexibility index (Phi) is 4.94. The van der Waals surface area contributed by atoms with Gasteiger partial charge in [-0.25, -0.2) is 0 Å². The predicted molar refractivity (Wildman–Crippen MR) is 53.6 cm³/mol. The Labute approximate surface area is 85.5 Å². The molecule has 3 nitrogen and oxygen atoms in total. The van der Waals surface area contributed by atoms with E-state index in [-0.39, 0.29) is 0 Å². The van der Waals surface area contributed by atoms with Crippen LogP contribution in [0.4, 0.5) is 0 Å². The summed E-state index contributed by atoms with van der Waals surface area (Å²) in [7, 11) is 0. The van der Waals surface area contributed by atoms with Gasteiger partial charge in [-0.15, -0.1) is 0 Å². The maximum Gasteiger partial charge on any atom is 0.304 e. The zero-order valence-corrected chi connectivity index (χ0v) is 8.87. The normalized spacial score (nSPS) is 20.4. The van der Waals surface area contributed by atoms with Crippen molar-refractivity contribution in [3.05, 3.63) is 0 Å². The molecule has 3 heteroatoms. The molecule has 0 saturated heterocycles. The van der Waals surface area contributed by atoms with Crippen molar-refractivity contribution in [2.45, 2.75) is 58.2 Å². The van der Waals surface area contributed by atoms with Gasteiger partial charge in [0.2, 0.25) is 6.29 Å². The molecule has 1 fully saturated rings. The number of aliphatic hydroxyl groups is 1. The number of esters is 1. The first-order valence-electron chi connectivity index (χ1n) is 5.54. The molecule has 0 aromatic rings. The third-order valence-electron chi connectivity index (χ3n) is 2.85. The number of aliphatic hydroxyl groups excluding tert-OH is 1. The number of rotatable bonds is 4.